The van der Waals surface area contributed by atoms with Crippen molar-refractivity contribution in [2.24, 2.45) is 5.73 Å². The maximum atomic E-state index is 5.79. The van der Waals surface area contributed by atoms with E-state index in [1.54, 1.807) is 0 Å². The third-order valence-corrected chi connectivity index (χ3v) is 2.98. The molecule has 3 heteroatoms. The molecule has 2 N–H and O–H groups in total. The fourth-order valence-corrected chi connectivity index (χ4v) is 1.74. The zero-order valence-electron chi connectivity index (χ0n) is 9.56. The van der Waals surface area contributed by atoms with Gasteiger partial charge in [0.1, 0.15) is 11.5 Å². The van der Waals surface area contributed by atoms with Gasteiger partial charge in [-0.2, -0.15) is 0 Å². The van der Waals surface area contributed by atoms with Crippen LogP contribution in [0.3, 0.4) is 0 Å². The molecule has 0 bridgehead atoms. The van der Waals surface area contributed by atoms with E-state index < -0.39 is 0 Å². The lowest BCUT2D eigenvalue weighted by molar-refractivity contribution is 0.482. The van der Waals surface area contributed by atoms with E-state index in [9.17, 15) is 0 Å². The molecule has 2 aromatic rings. The van der Waals surface area contributed by atoms with Gasteiger partial charge in [0.25, 0.3) is 0 Å². The van der Waals surface area contributed by atoms with Crippen LogP contribution in [0.1, 0.15) is 18.5 Å². The molecule has 0 spiro atoms. The summed E-state index contributed by atoms with van der Waals surface area (Å²) in [5, 5.41) is 0. The fourth-order valence-electron chi connectivity index (χ4n) is 1.48. The topological polar surface area (TPSA) is 35.2 Å². The first kappa shape index (κ1) is 12.1. The van der Waals surface area contributed by atoms with E-state index in [-0.39, 0.29) is 6.04 Å². The van der Waals surface area contributed by atoms with Gasteiger partial charge in [0.15, 0.2) is 0 Å². The van der Waals surface area contributed by atoms with Gasteiger partial charge in [-0.15, -0.1) is 0 Å². The Bertz CT molecular complexity index is 477. The number of nitrogens with two attached hydrogens (primary N) is 1. The molecule has 0 radical (unpaired) electrons. The van der Waals surface area contributed by atoms with Crippen molar-refractivity contribution in [2.45, 2.75) is 13.0 Å². The summed E-state index contributed by atoms with van der Waals surface area (Å²) in [4.78, 5) is 0. The van der Waals surface area contributed by atoms with Crippen LogP contribution in [0, 0.1) is 0 Å². The third-order valence-electron chi connectivity index (χ3n) is 2.46. The van der Waals surface area contributed by atoms with E-state index in [0.717, 1.165) is 21.5 Å². The first-order valence-corrected chi connectivity index (χ1v) is 6.23. The molecule has 0 aliphatic rings. The van der Waals surface area contributed by atoms with E-state index in [1.165, 1.54) is 0 Å². The molecule has 0 saturated heterocycles. The minimum absolute atomic E-state index is 0.0525. The van der Waals surface area contributed by atoms with Crippen LogP contribution in [0.2, 0.25) is 0 Å². The van der Waals surface area contributed by atoms with Gasteiger partial charge in [-0.3, -0.25) is 0 Å². The molecule has 0 unspecified atom stereocenters. The molecule has 1 atom stereocenters. The lowest BCUT2D eigenvalue weighted by atomic mass is 10.1. The van der Waals surface area contributed by atoms with Crippen LogP contribution >= 0.6 is 15.9 Å². The average Bonchev–Trinajstić information content (AvgIpc) is 2.33. The Morgan fingerprint density at radius 2 is 1.41 bits per heavy atom. The summed E-state index contributed by atoms with van der Waals surface area (Å²) in [6, 6.07) is 15.6. The predicted octanol–water partition coefficient (Wildman–Crippen LogP) is 4.26. The van der Waals surface area contributed by atoms with Gasteiger partial charge in [0, 0.05) is 10.5 Å². The molecule has 2 rings (SSSR count). The van der Waals surface area contributed by atoms with Crippen LogP contribution < -0.4 is 10.5 Å². The van der Waals surface area contributed by atoms with Gasteiger partial charge < -0.3 is 10.5 Å². The van der Waals surface area contributed by atoms with Gasteiger partial charge in [-0.25, -0.2) is 0 Å². The molecule has 88 valence electrons. The van der Waals surface area contributed by atoms with Gasteiger partial charge in [-0.1, -0.05) is 28.1 Å². The highest BCUT2D eigenvalue weighted by molar-refractivity contribution is 9.10. The van der Waals surface area contributed by atoms with Crippen molar-refractivity contribution in [3.8, 4) is 11.5 Å². The molecule has 2 nitrogen and oxygen atoms in total. The smallest absolute Gasteiger partial charge is 0.127 e. The van der Waals surface area contributed by atoms with Crippen molar-refractivity contribution < 1.29 is 4.74 Å². The summed E-state index contributed by atoms with van der Waals surface area (Å²) < 4.78 is 6.75. The lowest BCUT2D eigenvalue weighted by Gasteiger charge is -2.08. The third kappa shape index (κ3) is 3.32. The maximum Gasteiger partial charge on any atom is 0.127 e. The summed E-state index contributed by atoms with van der Waals surface area (Å²) in [5.41, 5.74) is 6.89. The summed E-state index contributed by atoms with van der Waals surface area (Å²) in [6.45, 7) is 1.96. The number of hydrogen-bond acceptors (Lipinski definition) is 2. The molecule has 17 heavy (non-hydrogen) atoms. The van der Waals surface area contributed by atoms with Crippen LogP contribution in [0.4, 0.5) is 0 Å². The Kier molecular flexibility index (Phi) is 3.82. The molecule has 0 aromatic heterocycles. The predicted molar refractivity (Wildman–Crippen MR) is 73.3 cm³/mol. The zero-order chi connectivity index (χ0) is 12.3. The Morgan fingerprint density at radius 1 is 0.941 bits per heavy atom. The van der Waals surface area contributed by atoms with Crippen LogP contribution in [0.25, 0.3) is 0 Å². The Hall–Kier alpha value is -1.32. The standard InChI is InChI=1S/C14H14BrNO/c1-10(16)11-2-6-13(7-3-11)17-14-8-4-12(15)5-9-14/h2-10H,16H2,1H3/t10-/m0/s1. The zero-order valence-corrected chi connectivity index (χ0v) is 11.1. The van der Waals surface area contributed by atoms with Crippen LogP contribution in [-0.2, 0) is 0 Å². The van der Waals surface area contributed by atoms with Crippen LogP contribution in [0.15, 0.2) is 53.0 Å². The monoisotopic (exact) mass is 291 g/mol. The fraction of sp³-hybridized carbons (Fsp3) is 0.143. The number of ether oxygens (including phenoxy) is 1. The van der Waals surface area contributed by atoms with Gasteiger partial charge in [0.2, 0.25) is 0 Å². The molecule has 0 saturated carbocycles. The molecule has 0 amide bonds. The van der Waals surface area contributed by atoms with Crippen molar-refractivity contribution in [1.29, 1.82) is 0 Å². The maximum absolute atomic E-state index is 5.79. The van der Waals surface area contributed by atoms with Crippen molar-refractivity contribution in [2.75, 3.05) is 0 Å². The van der Waals surface area contributed by atoms with Gasteiger partial charge >= 0.3 is 0 Å². The van der Waals surface area contributed by atoms with Crippen LogP contribution in [-0.4, -0.2) is 0 Å². The second kappa shape index (κ2) is 5.34. The molecule has 0 aliphatic carbocycles. The second-order valence-corrected chi connectivity index (χ2v) is 4.83. The van der Waals surface area contributed by atoms with Gasteiger partial charge in [0.05, 0.1) is 0 Å². The minimum Gasteiger partial charge on any atom is -0.457 e. The number of hydrogen-bond donors (Lipinski definition) is 1. The SMILES string of the molecule is C[C@H](N)c1ccc(Oc2ccc(Br)cc2)cc1. The highest BCUT2D eigenvalue weighted by Gasteiger charge is 2.00. The van der Waals surface area contributed by atoms with E-state index in [0.29, 0.717) is 0 Å². The van der Waals surface area contributed by atoms with Crippen molar-refractivity contribution in [3.05, 3.63) is 58.6 Å². The highest BCUT2D eigenvalue weighted by Crippen LogP contribution is 2.24. The molecule has 0 fully saturated rings. The summed E-state index contributed by atoms with van der Waals surface area (Å²) in [7, 11) is 0. The van der Waals surface area contributed by atoms with Crippen molar-refractivity contribution in [1.82, 2.24) is 0 Å². The Labute approximate surface area is 110 Å². The molecule has 0 aliphatic heterocycles. The van der Waals surface area contributed by atoms with E-state index >= 15 is 0 Å². The van der Waals surface area contributed by atoms with E-state index in [4.69, 9.17) is 10.5 Å². The first-order valence-electron chi connectivity index (χ1n) is 5.44. The van der Waals surface area contributed by atoms with E-state index in [2.05, 4.69) is 15.9 Å². The summed E-state index contributed by atoms with van der Waals surface area (Å²) in [6.07, 6.45) is 0. The minimum atomic E-state index is 0.0525. The molecule has 0 heterocycles. The summed E-state index contributed by atoms with van der Waals surface area (Å²) in [5.74, 6) is 1.64. The van der Waals surface area contributed by atoms with Gasteiger partial charge in [-0.05, 0) is 48.9 Å². The Morgan fingerprint density at radius 3 is 1.88 bits per heavy atom. The Balaban J connectivity index is 2.11. The molecular weight excluding hydrogens is 278 g/mol. The lowest BCUT2D eigenvalue weighted by Crippen LogP contribution is -2.04. The van der Waals surface area contributed by atoms with E-state index in [1.807, 2.05) is 55.5 Å². The molecule has 2 aromatic carbocycles. The summed E-state index contributed by atoms with van der Waals surface area (Å²) >= 11 is 3.39. The largest absolute Gasteiger partial charge is 0.457 e. The average molecular weight is 292 g/mol. The highest BCUT2D eigenvalue weighted by atomic mass is 79.9. The number of rotatable bonds is 3. The number of halogens is 1. The van der Waals surface area contributed by atoms with Crippen LogP contribution in [0.5, 0.6) is 11.5 Å². The first-order chi connectivity index (χ1) is 8.15. The quantitative estimate of drug-likeness (QED) is 0.917. The molecular formula is C14H14BrNO. The number of benzene rings is 2. The van der Waals surface area contributed by atoms with Crippen molar-refractivity contribution >= 4 is 15.9 Å². The second-order valence-electron chi connectivity index (χ2n) is 3.91. The van der Waals surface area contributed by atoms with Crippen molar-refractivity contribution in [3.63, 3.8) is 0 Å². The normalized spacial score (nSPS) is 12.2.